The number of rotatable bonds is 6. The van der Waals surface area contributed by atoms with E-state index in [1.807, 2.05) is 0 Å². The number of nitrogens with two attached hydrogens (primary N) is 2. The Morgan fingerprint density at radius 1 is 1.54 bits per heavy atom. The zero-order chi connectivity index (χ0) is 10.1. The highest BCUT2D eigenvalue weighted by molar-refractivity contribution is 5.78. The Hall–Kier alpha value is -1.30. The van der Waals surface area contributed by atoms with Crippen LogP contribution in [0.15, 0.2) is 4.99 Å². The first kappa shape index (κ1) is 11.7. The Labute approximate surface area is 77.3 Å². The fourth-order valence-corrected chi connectivity index (χ4v) is 0.667. The molecule has 5 N–H and O–H groups in total. The van der Waals surface area contributed by atoms with E-state index in [2.05, 4.69) is 10.3 Å². The maximum atomic E-state index is 11.0. The van der Waals surface area contributed by atoms with E-state index in [1.165, 1.54) is 0 Å². The molecule has 0 saturated carbocycles. The topological polar surface area (TPSA) is 103 Å². The van der Waals surface area contributed by atoms with Crippen LogP contribution in [-0.4, -0.2) is 38.7 Å². The van der Waals surface area contributed by atoms with Gasteiger partial charge in [-0.2, -0.15) is 0 Å². The average molecular weight is 188 g/mol. The van der Waals surface area contributed by atoms with Gasteiger partial charge in [0.15, 0.2) is 5.96 Å². The molecule has 0 fully saturated rings. The summed E-state index contributed by atoms with van der Waals surface area (Å²) in [5.41, 5.74) is 10.2. The maximum absolute atomic E-state index is 11.0. The number of methoxy groups -OCH3 is 1. The second-order valence-electron chi connectivity index (χ2n) is 2.40. The fraction of sp³-hybridized carbons (Fsp3) is 0.714. The molecule has 0 aliphatic rings. The summed E-state index contributed by atoms with van der Waals surface area (Å²) in [7, 11) is 1.57. The molecule has 6 heteroatoms. The lowest BCUT2D eigenvalue weighted by molar-refractivity contribution is -0.121. The van der Waals surface area contributed by atoms with Gasteiger partial charge >= 0.3 is 0 Å². The summed E-state index contributed by atoms with van der Waals surface area (Å²) in [4.78, 5) is 14.7. The Morgan fingerprint density at radius 3 is 2.77 bits per heavy atom. The van der Waals surface area contributed by atoms with E-state index < -0.39 is 0 Å². The second kappa shape index (κ2) is 7.35. The van der Waals surface area contributed by atoms with E-state index >= 15 is 0 Å². The van der Waals surface area contributed by atoms with E-state index in [0.29, 0.717) is 26.1 Å². The number of nitrogens with one attached hydrogen (secondary N) is 1. The predicted molar refractivity (Wildman–Crippen MR) is 50.2 cm³/mol. The number of ether oxygens (including phenoxy) is 1. The molecule has 0 unspecified atom stereocenters. The number of nitrogens with zero attached hydrogens (tertiary/aromatic N) is 1. The van der Waals surface area contributed by atoms with Gasteiger partial charge in [0.1, 0.15) is 0 Å². The second-order valence-corrected chi connectivity index (χ2v) is 2.40. The molecule has 0 spiro atoms. The van der Waals surface area contributed by atoms with E-state index in [1.54, 1.807) is 7.11 Å². The third-order valence-electron chi connectivity index (χ3n) is 1.26. The molecule has 6 nitrogen and oxygen atoms in total. The van der Waals surface area contributed by atoms with Gasteiger partial charge in [-0.15, -0.1) is 0 Å². The van der Waals surface area contributed by atoms with Gasteiger partial charge in [0.25, 0.3) is 0 Å². The van der Waals surface area contributed by atoms with Gasteiger partial charge in [0.2, 0.25) is 5.91 Å². The molecular weight excluding hydrogens is 172 g/mol. The molecule has 0 aliphatic heterocycles. The minimum absolute atomic E-state index is 0.00434. The fourth-order valence-electron chi connectivity index (χ4n) is 0.667. The van der Waals surface area contributed by atoms with Crippen LogP contribution in [0, 0.1) is 0 Å². The number of aliphatic imine (C=N–C) groups is 1. The molecule has 0 aliphatic carbocycles. The monoisotopic (exact) mass is 188 g/mol. The van der Waals surface area contributed by atoms with Gasteiger partial charge in [-0.25, -0.2) is 0 Å². The van der Waals surface area contributed by atoms with Crippen molar-refractivity contribution in [2.45, 2.75) is 6.42 Å². The molecule has 13 heavy (non-hydrogen) atoms. The first-order valence-electron chi connectivity index (χ1n) is 3.98. The van der Waals surface area contributed by atoms with E-state index in [-0.39, 0.29) is 11.9 Å². The van der Waals surface area contributed by atoms with Crippen molar-refractivity contribution < 1.29 is 9.53 Å². The molecular formula is C7H16N4O2. The Bertz CT molecular complexity index is 177. The lowest BCUT2D eigenvalue weighted by Gasteiger charge is -2.02. The zero-order valence-electron chi connectivity index (χ0n) is 7.75. The summed E-state index contributed by atoms with van der Waals surface area (Å²) in [5.74, 6) is -0.0771. The minimum atomic E-state index is -0.0814. The SMILES string of the molecule is COCCNC(=O)CCN=C(N)N. The number of guanidine groups is 1. The van der Waals surface area contributed by atoms with Crippen molar-refractivity contribution in [1.29, 1.82) is 0 Å². The maximum Gasteiger partial charge on any atom is 0.221 e. The molecule has 0 atom stereocenters. The molecule has 0 aromatic carbocycles. The highest BCUT2D eigenvalue weighted by atomic mass is 16.5. The molecule has 0 radical (unpaired) electrons. The van der Waals surface area contributed by atoms with Crippen molar-refractivity contribution >= 4 is 11.9 Å². The average Bonchev–Trinajstić information content (AvgIpc) is 2.04. The van der Waals surface area contributed by atoms with Gasteiger partial charge in [0, 0.05) is 20.1 Å². The van der Waals surface area contributed by atoms with Gasteiger partial charge in [-0.05, 0) is 0 Å². The molecule has 0 heterocycles. The van der Waals surface area contributed by atoms with Gasteiger partial charge in [0.05, 0.1) is 13.2 Å². The number of carbonyl (C=O) groups excluding carboxylic acids is 1. The lowest BCUT2D eigenvalue weighted by atomic mass is 10.4. The Balaban J connectivity index is 3.36. The summed E-state index contributed by atoms with van der Waals surface area (Å²) in [6.45, 7) is 1.34. The van der Waals surface area contributed by atoms with Crippen LogP contribution in [-0.2, 0) is 9.53 Å². The number of hydrogen-bond donors (Lipinski definition) is 3. The number of carbonyl (C=O) groups is 1. The van der Waals surface area contributed by atoms with Crippen LogP contribution >= 0.6 is 0 Å². The van der Waals surface area contributed by atoms with Crippen molar-refractivity contribution in [2.75, 3.05) is 26.8 Å². The predicted octanol–water partition coefficient (Wildman–Crippen LogP) is -1.59. The first-order chi connectivity index (χ1) is 6.16. The zero-order valence-corrected chi connectivity index (χ0v) is 7.75. The van der Waals surface area contributed by atoms with Gasteiger partial charge in [-0.3, -0.25) is 9.79 Å². The highest BCUT2D eigenvalue weighted by Crippen LogP contribution is 1.80. The molecule has 76 valence electrons. The van der Waals surface area contributed by atoms with E-state index in [9.17, 15) is 4.79 Å². The summed E-state index contributed by atoms with van der Waals surface area (Å²) in [5, 5.41) is 2.64. The molecule has 0 aromatic rings. The van der Waals surface area contributed by atoms with Crippen LogP contribution < -0.4 is 16.8 Å². The number of hydrogen-bond acceptors (Lipinski definition) is 3. The molecule has 0 bridgehead atoms. The van der Waals surface area contributed by atoms with Gasteiger partial charge < -0.3 is 21.5 Å². The van der Waals surface area contributed by atoms with E-state index in [4.69, 9.17) is 16.2 Å². The third kappa shape index (κ3) is 8.61. The Kier molecular flexibility index (Phi) is 6.62. The van der Waals surface area contributed by atoms with Crippen LogP contribution in [0.3, 0.4) is 0 Å². The van der Waals surface area contributed by atoms with Crippen LogP contribution in [0.25, 0.3) is 0 Å². The molecule has 0 rings (SSSR count). The summed E-state index contributed by atoms with van der Waals surface area (Å²) >= 11 is 0. The molecule has 1 amide bonds. The first-order valence-corrected chi connectivity index (χ1v) is 3.98. The van der Waals surface area contributed by atoms with Gasteiger partial charge in [-0.1, -0.05) is 0 Å². The van der Waals surface area contributed by atoms with Crippen molar-refractivity contribution in [3.63, 3.8) is 0 Å². The normalized spacial score (nSPS) is 9.31. The summed E-state index contributed by atoms with van der Waals surface area (Å²) < 4.78 is 4.75. The molecule has 0 saturated heterocycles. The lowest BCUT2D eigenvalue weighted by Crippen LogP contribution is -2.28. The van der Waals surface area contributed by atoms with Crippen LogP contribution in [0.1, 0.15) is 6.42 Å². The summed E-state index contributed by atoms with van der Waals surface area (Å²) in [6.07, 6.45) is 0.293. The highest BCUT2D eigenvalue weighted by Gasteiger charge is 1.98. The van der Waals surface area contributed by atoms with Crippen LogP contribution in [0.4, 0.5) is 0 Å². The quantitative estimate of drug-likeness (QED) is 0.266. The van der Waals surface area contributed by atoms with Crippen molar-refractivity contribution in [1.82, 2.24) is 5.32 Å². The Morgan fingerprint density at radius 2 is 2.23 bits per heavy atom. The van der Waals surface area contributed by atoms with Crippen LogP contribution in [0.5, 0.6) is 0 Å². The number of amides is 1. The largest absolute Gasteiger partial charge is 0.383 e. The van der Waals surface area contributed by atoms with Crippen molar-refractivity contribution in [3.05, 3.63) is 0 Å². The van der Waals surface area contributed by atoms with E-state index in [0.717, 1.165) is 0 Å². The van der Waals surface area contributed by atoms with Crippen molar-refractivity contribution in [2.24, 2.45) is 16.5 Å². The third-order valence-corrected chi connectivity index (χ3v) is 1.26. The summed E-state index contributed by atoms with van der Waals surface area (Å²) in [6, 6.07) is 0. The minimum Gasteiger partial charge on any atom is -0.383 e. The smallest absolute Gasteiger partial charge is 0.221 e. The standard InChI is InChI=1S/C7H16N4O2/c1-13-5-4-10-6(12)2-3-11-7(8)9/h2-5H2,1H3,(H,10,12)(H4,8,9,11). The van der Waals surface area contributed by atoms with Crippen LogP contribution in [0.2, 0.25) is 0 Å². The van der Waals surface area contributed by atoms with Crippen molar-refractivity contribution in [3.8, 4) is 0 Å². The molecule has 0 aromatic heterocycles.